The molecule has 1 aromatic heterocycles. The SMILES string of the molecule is CC(=O)[C@H](C)Oc1ccc2c(c1)oc(=O)c1ccccc12. The van der Waals surface area contributed by atoms with Crippen LogP contribution in [0.5, 0.6) is 5.75 Å². The van der Waals surface area contributed by atoms with Crippen LogP contribution in [0.2, 0.25) is 0 Å². The molecule has 0 aliphatic rings. The molecule has 106 valence electrons. The lowest BCUT2D eigenvalue weighted by Crippen LogP contribution is -2.20. The molecular formula is C17H14O4. The number of hydrogen-bond donors (Lipinski definition) is 0. The van der Waals surface area contributed by atoms with E-state index < -0.39 is 6.10 Å². The van der Waals surface area contributed by atoms with Gasteiger partial charge in [-0.15, -0.1) is 0 Å². The molecule has 0 amide bonds. The summed E-state index contributed by atoms with van der Waals surface area (Å²) in [6.45, 7) is 3.16. The molecule has 1 heterocycles. The van der Waals surface area contributed by atoms with Crippen molar-refractivity contribution >= 4 is 27.5 Å². The van der Waals surface area contributed by atoms with Gasteiger partial charge in [-0.3, -0.25) is 4.79 Å². The Kier molecular flexibility index (Phi) is 3.22. The molecule has 0 saturated heterocycles. The van der Waals surface area contributed by atoms with Gasteiger partial charge in [0.05, 0.1) is 5.39 Å². The smallest absolute Gasteiger partial charge is 0.344 e. The maximum Gasteiger partial charge on any atom is 0.344 e. The first kappa shape index (κ1) is 13.4. The molecule has 0 fully saturated rings. The van der Waals surface area contributed by atoms with E-state index in [0.29, 0.717) is 16.7 Å². The Hall–Kier alpha value is -2.62. The summed E-state index contributed by atoms with van der Waals surface area (Å²) >= 11 is 0. The van der Waals surface area contributed by atoms with Crippen molar-refractivity contribution in [1.29, 1.82) is 0 Å². The number of ketones is 1. The summed E-state index contributed by atoms with van der Waals surface area (Å²) in [5.41, 5.74) is 0.0711. The number of hydrogen-bond acceptors (Lipinski definition) is 4. The molecule has 3 rings (SSSR count). The lowest BCUT2D eigenvalue weighted by atomic mass is 10.1. The first-order chi connectivity index (χ1) is 10.1. The van der Waals surface area contributed by atoms with E-state index in [1.807, 2.05) is 18.2 Å². The highest BCUT2D eigenvalue weighted by atomic mass is 16.5. The first-order valence-corrected chi connectivity index (χ1v) is 6.69. The van der Waals surface area contributed by atoms with Crippen LogP contribution in [-0.2, 0) is 4.79 Å². The number of ether oxygens (including phenoxy) is 1. The van der Waals surface area contributed by atoms with E-state index >= 15 is 0 Å². The summed E-state index contributed by atoms with van der Waals surface area (Å²) in [6.07, 6.45) is -0.533. The van der Waals surface area contributed by atoms with Gasteiger partial charge in [0, 0.05) is 11.5 Å². The summed E-state index contributed by atoms with van der Waals surface area (Å²) in [5.74, 6) is 0.443. The number of carbonyl (C=O) groups excluding carboxylic acids is 1. The number of Topliss-reactive ketones (excluding diaryl/α,β-unsaturated/α-hetero) is 1. The van der Waals surface area contributed by atoms with Gasteiger partial charge in [-0.05, 0) is 37.4 Å². The molecule has 0 saturated carbocycles. The second-order valence-corrected chi connectivity index (χ2v) is 4.96. The molecule has 0 bridgehead atoms. The van der Waals surface area contributed by atoms with Crippen LogP contribution < -0.4 is 10.4 Å². The minimum Gasteiger partial charge on any atom is -0.483 e. The molecule has 21 heavy (non-hydrogen) atoms. The van der Waals surface area contributed by atoms with Crippen LogP contribution in [0.4, 0.5) is 0 Å². The fraction of sp³-hybridized carbons (Fsp3) is 0.176. The molecule has 0 unspecified atom stereocenters. The van der Waals surface area contributed by atoms with E-state index in [1.54, 1.807) is 31.2 Å². The largest absolute Gasteiger partial charge is 0.483 e. The van der Waals surface area contributed by atoms with E-state index in [0.717, 1.165) is 10.8 Å². The maximum atomic E-state index is 12.0. The third kappa shape index (κ3) is 2.40. The molecule has 2 aromatic carbocycles. The Bertz CT molecular complexity index is 892. The average molecular weight is 282 g/mol. The quantitative estimate of drug-likeness (QED) is 0.546. The third-order valence-corrected chi connectivity index (χ3v) is 3.48. The Balaban J connectivity index is 2.17. The molecule has 0 aliphatic carbocycles. The van der Waals surface area contributed by atoms with Crippen molar-refractivity contribution in [3.63, 3.8) is 0 Å². The number of benzene rings is 2. The van der Waals surface area contributed by atoms with Crippen molar-refractivity contribution in [2.45, 2.75) is 20.0 Å². The van der Waals surface area contributed by atoms with E-state index in [-0.39, 0.29) is 11.4 Å². The van der Waals surface area contributed by atoms with Gasteiger partial charge in [0.15, 0.2) is 11.9 Å². The fourth-order valence-electron chi connectivity index (χ4n) is 2.22. The van der Waals surface area contributed by atoms with E-state index in [1.165, 1.54) is 6.92 Å². The summed E-state index contributed by atoms with van der Waals surface area (Å²) < 4.78 is 10.9. The van der Waals surface area contributed by atoms with Crippen molar-refractivity contribution in [2.75, 3.05) is 0 Å². The second-order valence-electron chi connectivity index (χ2n) is 4.96. The van der Waals surface area contributed by atoms with Gasteiger partial charge in [0.2, 0.25) is 0 Å². The Morgan fingerprint density at radius 3 is 2.52 bits per heavy atom. The van der Waals surface area contributed by atoms with Crippen LogP contribution in [0.1, 0.15) is 13.8 Å². The lowest BCUT2D eigenvalue weighted by molar-refractivity contribution is -0.122. The monoisotopic (exact) mass is 282 g/mol. The van der Waals surface area contributed by atoms with Crippen LogP contribution in [0.15, 0.2) is 51.7 Å². The van der Waals surface area contributed by atoms with Gasteiger partial charge in [-0.25, -0.2) is 4.79 Å². The molecular weight excluding hydrogens is 268 g/mol. The van der Waals surface area contributed by atoms with Crippen molar-refractivity contribution in [3.8, 4) is 5.75 Å². The standard InChI is InChI=1S/C17H14O4/c1-10(18)11(2)20-12-7-8-14-13-5-3-4-6-15(13)17(19)21-16(14)9-12/h3-9,11H,1-2H3/t11-/m0/s1. The Morgan fingerprint density at radius 1 is 1.10 bits per heavy atom. The molecule has 3 aromatic rings. The number of fused-ring (bicyclic) bond motifs is 3. The van der Waals surface area contributed by atoms with E-state index in [4.69, 9.17) is 9.15 Å². The van der Waals surface area contributed by atoms with Crippen LogP contribution in [-0.4, -0.2) is 11.9 Å². The Morgan fingerprint density at radius 2 is 1.81 bits per heavy atom. The van der Waals surface area contributed by atoms with Crippen molar-refractivity contribution in [1.82, 2.24) is 0 Å². The van der Waals surface area contributed by atoms with Gasteiger partial charge < -0.3 is 9.15 Å². The molecule has 4 heteroatoms. The Labute approximate surface area is 120 Å². The van der Waals surface area contributed by atoms with Gasteiger partial charge >= 0.3 is 5.63 Å². The van der Waals surface area contributed by atoms with Crippen LogP contribution >= 0.6 is 0 Å². The molecule has 1 atom stereocenters. The minimum absolute atomic E-state index is 0.0601. The van der Waals surface area contributed by atoms with Crippen LogP contribution in [0.25, 0.3) is 21.7 Å². The van der Waals surface area contributed by atoms with Crippen LogP contribution in [0.3, 0.4) is 0 Å². The molecule has 0 N–H and O–H groups in total. The zero-order chi connectivity index (χ0) is 15.0. The summed E-state index contributed by atoms with van der Waals surface area (Å²) in [6, 6.07) is 12.6. The zero-order valence-electron chi connectivity index (χ0n) is 11.8. The van der Waals surface area contributed by atoms with E-state index in [2.05, 4.69) is 0 Å². The highest BCUT2D eigenvalue weighted by Crippen LogP contribution is 2.26. The van der Waals surface area contributed by atoms with Crippen molar-refractivity contribution in [2.24, 2.45) is 0 Å². The zero-order valence-corrected chi connectivity index (χ0v) is 11.8. The minimum atomic E-state index is -0.533. The van der Waals surface area contributed by atoms with Gasteiger partial charge in [0.1, 0.15) is 11.3 Å². The fourth-order valence-corrected chi connectivity index (χ4v) is 2.22. The molecule has 4 nitrogen and oxygen atoms in total. The summed E-state index contributed by atoms with van der Waals surface area (Å²) in [4.78, 5) is 23.2. The summed E-state index contributed by atoms with van der Waals surface area (Å²) in [7, 11) is 0. The maximum absolute atomic E-state index is 12.0. The van der Waals surface area contributed by atoms with Crippen molar-refractivity contribution in [3.05, 3.63) is 52.9 Å². The number of rotatable bonds is 3. The predicted octanol–water partition coefficient (Wildman–Crippen LogP) is 3.30. The van der Waals surface area contributed by atoms with E-state index in [9.17, 15) is 9.59 Å². The molecule has 0 spiro atoms. The highest BCUT2D eigenvalue weighted by Gasteiger charge is 2.11. The first-order valence-electron chi connectivity index (χ1n) is 6.69. The van der Waals surface area contributed by atoms with Gasteiger partial charge in [-0.2, -0.15) is 0 Å². The van der Waals surface area contributed by atoms with Gasteiger partial charge in [0.25, 0.3) is 0 Å². The van der Waals surface area contributed by atoms with Crippen molar-refractivity contribution < 1.29 is 13.9 Å². The summed E-state index contributed by atoms with van der Waals surface area (Å²) in [5, 5.41) is 2.23. The normalized spacial score (nSPS) is 12.5. The average Bonchev–Trinajstić information content (AvgIpc) is 2.47. The highest BCUT2D eigenvalue weighted by molar-refractivity contribution is 6.04. The lowest BCUT2D eigenvalue weighted by Gasteiger charge is -2.12. The third-order valence-electron chi connectivity index (χ3n) is 3.48. The van der Waals surface area contributed by atoms with Gasteiger partial charge in [-0.1, -0.05) is 18.2 Å². The predicted molar refractivity (Wildman–Crippen MR) is 80.8 cm³/mol. The molecule has 0 radical (unpaired) electrons. The molecule has 0 aliphatic heterocycles. The second kappa shape index (κ2) is 5.05. The topological polar surface area (TPSA) is 56.5 Å². The number of carbonyl (C=O) groups is 1. The van der Waals surface area contributed by atoms with Crippen LogP contribution in [0, 0.1) is 0 Å².